The van der Waals surface area contributed by atoms with Gasteiger partial charge in [0, 0.05) is 23.2 Å². The number of carbonyl (C=O) groups is 3. The van der Waals surface area contributed by atoms with Crippen LogP contribution >= 0.6 is 15.9 Å². The molecule has 2 fully saturated rings. The Labute approximate surface area is 190 Å². The van der Waals surface area contributed by atoms with E-state index in [-0.39, 0.29) is 36.2 Å². The number of fused-ring (bicyclic) bond motifs is 2. The van der Waals surface area contributed by atoms with E-state index in [0.29, 0.717) is 5.56 Å². The Balaban J connectivity index is 1.69. The molecule has 1 aliphatic carbocycles. The van der Waals surface area contributed by atoms with Gasteiger partial charge in [-0.3, -0.25) is 14.9 Å². The number of ether oxygens (including phenoxy) is 2. The Morgan fingerprint density at radius 2 is 1.90 bits per heavy atom. The van der Waals surface area contributed by atoms with E-state index in [9.17, 15) is 19.5 Å². The molecule has 2 aliphatic rings. The summed E-state index contributed by atoms with van der Waals surface area (Å²) in [6.07, 6.45) is 1.12. The highest BCUT2D eigenvalue weighted by Gasteiger charge is 2.53. The maximum Gasteiger partial charge on any atom is 0.329 e. The fourth-order valence-corrected chi connectivity index (χ4v) is 4.74. The monoisotopic (exact) mass is 496 g/mol. The predicted octanol–water partition coefficient (Wildman–Crippen LogP) is 2.09. The number of benzene rings is 1. The molecule has 0 aromatic heterocycles. The number of aliphatic hydroxyl groups excluding tert-OH is 1. The molecule has 5 atom stereocenters. The van der Waals surface area contributed by atoms with E-state index < -0.39 is 24.5 Å². The van der Waals surface area contributed by atoms with Crippen LogP contribution < -0.4 is 5.32 Å². The molecule has 3 unspecified atom stereocenters. The fourth-order valence-electron chi connectivity index (χ4n) is 4.48. The average molecular weight is 497 g/mol. The second kappa shape index (κ2) is 10.2. The molecule has 9 heteroatoms. The number of hydrogen-bond donors (Lipinski definition) is 2. The Morgan fingerprint density at radius 3 is 2.52 bits per heavy atom. The zero-order valence-electron chi connectivity index (χ0n) is 17.9. The number of nitrogens with zero attached hydrogens (tertiary/aromatic N) is 1. The van der Waals surface area contributed by atoms with E-state index in [2.05, 4.69) is 21.2 Å². The van der Waals surface area contributed by atoms with Crippen molar-refractivity contribution in [1.82, 2.24) is 10.2 Å². The standard InChI is InChI=1S/C22H29BrN2O6/c1-12(2)18(24-22(29)30-3)20(27)25-16-9-6-14(10-16)19(25)21(28)31-11-17(26)13-4-7-15(23)8-5-13/h4-5,7-8,12,14,16,18-19,22,24,29H,6,9-11H2,1-3H3/t14?,16?,18-,19-,22?/m0/s1. The number of likely N-dealkylation sites (tertiary alicyclic amines) is 1. The number of hydrogen-bond acceptors (Lipinski definition) is 7. The van der Waals surface area contributed by atoms with Crippen molar-refractivity contribution in [2.24, 2.45) is 11.8 Å². The van der Waals surface area contributed by atoms with Gasteiger partial charge in [-0.15, -0.1) is 0 Å². The lowest BCUT2D eigenvalue weighted by atomic mass is 9.96. The molecule has 2 bridgehead atoms. The van der Waals surface area contributed by atoms with Gasteiger partial charge in [-0.1, -0.05) is 41.9 Å². The average Bonchev–Trinajstić information content (AvgIpc) is 3.37. The van der Waals surface area contributed by atoms with Crippen molar-refractivity contribution < 1.29 is 29.0 Å². The van der Waals surface area contributed by atoms with Crippen LogP contribution in [0, 0.1) is 11.8 Å². The lowest BCUT2D eigenvalue weighted by molar-refractivity contribution is -0.160. The third kappa shape index (κ3) is 5.34. The minimum Gasteiger partial charge on any atom is -0.456 e. The zero-order chi connectivity index (χ0) is 22.7. The first-order valence-electron chi connectivity index (χ1n) is 10.5. The van der Waals surface area contributed by atoms with Crippen LogP contribution in [0.4, 0.5) is 0 Å². The number of rotatable bonds is 9. The normalized spacial score (nSPS) is 24.3. The van der Waals surface area contributed by atoms with Gasteiger partial charge in [-0.2, -0.15) is 0 Å². The number of nitrogens with one attached hydrogen (secondary N) is 1. The van der Waals surface area contributed by atoms with Gasteiger partial charge in [0.15, 0.2) is 12.4 Å². The summed E-state index contributed by atoms with van der Waals surface area (Å²) in [7, 11) is 1.33. The first-order valence-corrected chi connectivity index (χ1v) is 11.3. The van der Waals surface area contributed by atoms with Crippen LogP contribution in [0.1, 0.15) is 43.5 Å². The van der Waals surface area contributed by atoms with Crippen LogP contribution in [-0.4, -0.2) is 65.9 Å². The summed E-state index contributed by atoms with van der Waals surface area (Å²) in [5.41, 5.74) is 0.453. The smallest absolute Gasteiger partial charge is 0.329 e. The largest absolute Gasteiger partial charge is 0.456 e. The SMILES string of the molecule is COC(O)N[C@H](C(=O)N1C2CCC(C2)[C@H]1C(=O)OCC(=O)c1ccc(Br)cc1)C(C)C. The quantitative estimate of drug-likeness (QED) is 0.306. The zero-order valence-corrected chi connectivity index (χ0v) is 19.5. The van der Waals surface area contributed by atoms with Crippen LogP contribution in [0.25, 0.3) is 0 Å². The number of aliphatic hydroxyl groups is 1. The summed E-state index contributed by atoms with van der Waals surface area (Å²) in [5, 5.41) is 12.6. The lowest BCUT2D eigenvalue weighted by Crippen LogP contribution is -2.58. The van der Waals surface area contributed by atoms with Crippen molar-refractivity contribution >= 4 is 33.6 Å². The van der Waals surface area contributed by atoms with Crippen LogP contribution in [0.5, 0.6) is 0 Å². The topological polar surface area (TPSA) is 105 Å². The van der Waals surface area contributed by atoms with Gasteiger partial charge in [0.2, 0.25) is 12.3 Å². The van der Waals surface area contributed by atoms with E-state index >= 15 is 0 Å². The van der Waals surface area contributed by atoms with Gasteiger partial charge in [0.25, 0.3) is 0 Å². The molecule has 1 saturated carbocycles. The minimum absolute atomic E-state index is 0.0180. The maximum atomic E-state index is 13.4. The molecule has 2 N–H and O–H groups in total. The van der Waals surface area contributed by atoms with Gasteiger partial charge in [-0.05, 0) is 43.2 Å². The number of Topliss-reactive ketones (excluding diaryl/α,β-unsaturated/α-hetero) is 1. The van der Waals surface area contributed by atoms with Crippen LogP contribution in [0.3, 0.4) is 0 Å². The van der Waals surface area contributed by atoms with E-state index in [1.807, 2.05) is 13.8 Å². The minimum atomic E-state index is -1.29. The molecule has 8 nitrogen and oxygen atoms in total. The predicted molar refractivity (Wildman–Crippen MR) is 116 cm³/mol. The summed E-state index contributed by atoms with van der Waals surface area (Å²) in [4.78, 5) is 40.3. The molecular formula is C22H29BrN2O6. The molecule has 1 aliphatic heterocycles. The van der Waals surface area contributed by atoms with E-state index in [1.165, 1.54) is 7.11 Å². The van der Waals surface area contributed by atoms with Crippen LogP contribution in [0.2, 0.25) is 0 Å². The van der Waals surface area contributed by atoms with Crippen molar-refractivity contribution in [3.63, 3.8) is 0 Å². The lowest BCUT2D eigenvalue weighted by Gasteiger charge is -2.37. The van der Waals surface area contributed by atoms with Gasteiger partial charge in [0.1, 0.15) is 6.04 Å². The Bertz CT molecular complexity index is 815. The Kier molecular flexibility index (Phi) is 7.85. The van der Waals surface area contributed by atoms with E-state index in [1.54, 1.807) is 29.2 Å². The van der Waals surface area contributed by atoms with E-state index in [0.717, 1.165) is 23.7 Å². The molecule has 1 aromatic rings. The van der Waals surface area contributed by atoms with Crippen molar-refractivity contribution in [1.29, 1.82) is 0 Å². The van der Waals surface area contributed by atoms with E-state index in [4.69, 9.17) is 9.47 Å². The molecule has 0 spiro atoms. The number of esters is 1. The summed E-state index contributed by atoms with van der Waals surface area (Å²) in [6, 6.07) is 5.35. The molecule has 1 aromatic carbocycles. The number of ketones is 1. The summed E-state index contributed by atoms with van der Waals surface area (Å²) in [6.45, 7) is 3.34. The molecule has 3 rings (SSSR count). The third-order valence-corrected chi connectivity index (χ3v) is 6.60. The Hall–Kier alpha value is -1.81. The Morgan fingerprint density at radius 1 is 1.23 bits per heavy atom. The summed E-state index contributed by atoms with van der Waals surface area (Å²) >= 11 is 3.32. The van der Waals surface area contributed by atoms with Crippen LogP contribution in [0.15, 0.2) is 28.7 Å². The highest BCUT2D eigenvalue weighted by molar-refractivity contribution is 9.10. The van der Waals surface area contributed by atoms with Crippen molar-refractivity contribution in [2.75, 3.05) is 13.7 Å². The second-order valence-electron chi connectivity index (χ2n) is 8.43. The number of carbonyl (C=O) groups excluding carboxylic acids is 3. The van der Waals surface area contributed by atoms with Gasteiger partial charge in [0.05, 0.1) is 6.04 Å². The molecule has 1 saturated heterocycles. The van der Waals surface area contributed by atoms with Crippen molar-refractivity contribution in [2.45, 2.75) is 57.6 Å². The highest BCUT2D eigenvalue weighted by Crippen LogP contribution is 2.43. The van der Waals surface area contributed by atoms with Gasteiger partial charge < -0.3 is 19.5 Å². The second-order valence-corrected chi connectivity index (χ2v) is 9.35. The summed E-state index contributed by atoms with van der Waals surface area (Å²) < 4.78 is 11.0. The molecular weight excluding hydrogens is 468 g/mol. The highest BCUT2D eigenvalue weighted by atomic mass is 79.9. The first kappa shape index (κ1) is 23.8. The molecule has 0 radical (unpaired) electrons. The first-order chi connectivity index (χ1) is 14.7. The number of halogens is 1. The number of methoxy groups -OCH3 is 1. The van der Waals surface area contributed by atoms with Crippen molar-refractivity contribution in [3.05, 3.63) is 34.3 Å². The number of piperidine rings is 1. The molecule has 170 valence electrons. The molecule has 31 heavy (non-hydrogen) atoms. The third-order valence-electron chi connectivity index (χ3n) is 6.07. The molecule has 1 amide bonds. The van der Waals surface area contributed by atoms with Gasteiger partial charge >= 0.3 is 5.97 Å². The fraction of sp³-hybridized carbons (Fsp3) is 0.591. The van der Waals surface area contributed by atoms with Crippen molar-refractivity contribution in [3.8, 4) is 0 Å². The summed E-state index contributed by atoms with van der Waals surface area (Å²) in [5.74, 6) is -1.23. The number of amides is 1. The maximum absolute atomic E-state index is 13.4. The van der Waals surface area contributed by atoms with Gasteiger partial charge in [-0.25, -0.2) is 4.79 Å². The van der Waals surface area contributed by atoms with Crippen LogP contribution in [-0.2, 0) is 19.1 Å². The molecule has 1 heterocycles.